The third-order valence-corrected chi connectivity index (χ3v) is 4.95. The van der Waals surface area contributed by atoms with Gasteiger partial charge in [-0.25, -0.2) is 4.39 Å². The van der Waals surface area contributed by atoms with Gasteiger partial charge in [0.25, 0.3) is 0 Å². The first-order valence-electron chi connectivity index (χ1n) is 9.60. The summed E-state index contributed by atoms with van der Waals surface area (Å²) in [5.74, 6) is 0.708. The molecule has 0 aromatic heterocycles. The Morgan fingerprint density at radius 2 is 1.69 bits per heavy atom. The molecule has 5 nitrogen and oxygen atoms in total. The van der Waals surface area contributed by atoms with Crippen molar-refractivity contribution in [3.05, 3.63) is 70.5 Å². The zero-order valence-corrected chi connectivity index (χ0v) is 19.2. The lowest BCUT2D eigenvalue weighted by molar-refractivity contribution is -0.128. The van der Waals surface area contributed by atoms with Gasteiger partial charge in [0.05, 0.1) is 0 Å². The van der Waals surface area contributed by atoms with Crippen molar-refractivity contribution in [3.63, 3.8) is 0 Å². The normalized spacial score (nSPS) is 14.0. The van der Waals surface area contributed by atoms with Crippen molar-refractivity contribution < 1.29 is 9.18 Å². The standard InChI is InChI=1S/C22H27FN4O.HI/c1-16-5-6-19(12-20(16)23)14-26-22(24-2)25-13-17-7-9-18(10-8-17)15-27-11-3-4-21(27)28;/h5-10,12H,3-4,11,13-15H2,1-2H3,(H2,24,25,26);1H. The Bertz CT molecular complexity index is 854. The largest absolute Gasteiger partial charge is 0.352 e. The van der Waals surface area contributed by atoms with Crippen molar-refractivity contribution in [2.45, 2.75) is 39.4 Å². The van der Waals surface area contributed by atoms with Gasteiger partial charge in [0.2, 0.25) is 5.91 Å². The van der Waals surface area contributed by atoms with Crippen molar-refractivity contribution in [2.75, 3.05) is 13.6 Å². The minimum atomic E-state index is -0.196. The van der Waals surface area contributed by atoms with Crippen LogP contribution in [-0.4, -0.2) is 30.4 Å². The van der Waals surface area contributed by atoms with Crippen molar-refractivity contribution in [2.24, 2.45) is 4.99 Å². The lowest BCUT2D eigenvalue weighted by Crippen LogP contribution is -2.36. The summed E-state index contributed by atoms with van der Waals surface area (Å²) in [5, 5.41) is 6.46. The highest BCUT2D eigenvalue weighted by Crippen LogP contribution is 2.15. The molecule has 3 rings (SSSR count). The Morgan fingerprint density at radius 1 is 1.07 bits per heavy atom. The van der Waals surface area contributed by atoms with E-state index < -0.39 is 0 Å². The molecule has 1 heterocycles. The molecule has 1 amide bonds. The minimum absolute atomic E-state index is 0. The van der Waals surface area contributed by atoms with E-state index in [1.54, 1.807) is 26.1 Å². The lowest BCUT2D eigenvalue weighted by Gasteiger charge is -2.16. The summed E-state index contributed by atoms with van der Waals surface area (Å²) in [6.45, 7) is 4.42. The number of nitrogens with one attached hydrogen (secondary N) is 2. The second-order valence-electron chi connectivity index (χ2n) is 7.10. The number of rotatable bonds is 6. The van der Waals surface area contributed by atoms with E-state index in [9.17, 15) is 9.18 Å². The van der Waals surface area contributed by atoms with Crippen LogP contribution in [0.15, 0.2) is 47.5 Å². The fourth-order valence-corrected chi connectivity index (χ4v) is 3.19. The Hall–Kier alpha value is -2.16. The van der Waals surface area contributed by atoms with E-state index >= 15 is 0 Å². The maximum atomic E-state index is 13.6. The number of nitrogens with zero attached hydrogens (tertiary/aromatic N) is 2. The molecule has 0 atom stereocenters. The highest BCUT2D eigenvalue weighted by molar-refractivity contribution is 14.0. The highest BCUT2D eigenvalue weighted by atomic mass is 127. The topological polar surface area (TPSA) is 56.7 Å². The monoisotopic (exact) mass is 510 g/mol. The number of guanidine groups is 1. The van der Waals surface area contributed by atoms with Gasteiger partial charge in [-0.3, -0.25) is 9.79 Å². The third-order valence-electron chi connectivity index (χ3n) is 4.95. The van der Waals surface area contributed by atoms with Crippen LogP contribution < -0.4 is 10.6 Å². The van der Waals surface area contributed by atoms with Crippen LogP contribution in [0.5, 0.6) is 0 Å². The maximum Gasteiger partial charge on any atom is 0.222 e. The van der Waals surface area contributed by atoms with E-state index in [-0.39, 0.29) is 35.7 Å². The Kier molecular flexibility index (Phi) is 8.88. The summed E-state index contributed by atoms with van der Waals surface area (Å²) in [6, 6.07) is 13.5. The Morgan fingerprint density at radius 3 is 2.28 bits per heavy atom. The first kappa shape index (κ1) is 23.1. The molecular formula is C22H28FIN4O. The molecule has 1 aliphatic rings. The molecule has 1 saturated heterocycles. The molecule has 1 aliphatic heterocycles. The first-order valence-corrected chi connectivity index (χ1v) is 9.60. The number of aliphatic imine (C=N–C) groups is 1. The smallest absolute Gasteiger partial charge is 0.222 e. The number of benzene rings is 2. The van der Waals surface area contributed by atoms with Crippen LogP contribution >= 0.6 is 24.0 Å². The van der Waals surface area contributed by atoms with Crippen LogP contribution in [0.4, 0.5) is 4.39 Å². The average molecular weight is 510 g/mol. The van der Waals surface area contributed by atoms with Crippen molar-refractivity contribution in [1.29, 1.82) is 0 Å². The van der Waals surface area contributed by atoms with Gasteiger partial charge in [-0.1, -0.05) is 36.4 Å². The number of carbonyl (C=O) groups excluding carboxylic acids is 1. The summed E-state index contributed by atoms with van der Waals surface area (Å²) in [4.78, 5) is 17.8. The van der Waals surface area contributed by atoms with Gasteiger partial charge < -0.3 is 15.5 Å². The van der Waals surface area contributed by atoms with Crippen molar-refractivity contribution in [3.8, 4) is 0 Å². The Labute approximate surface area is 188 Å². The SMILES string of the molecule is CN=C(NCc1ccc(CN2CCCC2=O)cc1)NCc1ccc(C)c(F)c1.I. The summed E-state index contributed by atoms with van der Waals surface area (Å²) < 4.78 is 13.6. The third kappa shape index (κ3) is 6.69. The molecule has 29 heavy (non-hydrogen) atoms. The van der Waals surface area contributed by atoms with Crippen LogP contribution in [0.25, 0.3) is 0 Å². The molecule has 7 heteroatoms. The second kappa shape index (κ2) is 11.1. The molecule has 2 aromatic rings. The predicted octanol–water partition coefficient (Wildman–Crippen LogP) is 3.74. The van der Waals surface area contributed by atoms with E-state index in [1.807, 2.05) is 11.0 Å². The first-order chi connectivity index (χ1) is 13.5. The molecule has 0 aliphatic carbocycles. The molecule has 2 N–H and O–H groups in total. The number of hydrogen-bond donors (Lipinski definition) is 2. The molecule has 1 fully saturated rings. The van der Waals surface area contributed by atoms with Gasteiger partial charge >= 0.3 is 0 Å². The van der Waals surface area contributed by atoms with Crippen LogP contribution in [0, 0.1) is 12.7 Å². The molecule has 0 radical (unpaired) electrons. The van der Waals surface area contributed by atoms with E-state index in [2.05, 4.69) is 39.9 Å². The van der Waals surface area contributed by atoms with Gasteiger partial charge in [-0.2, -0.15) is 0 Å². The van der Waals surface area contributed by atoms with E-state index in [4.69, 9.17) is 0 Å². The number of aryl methyl sites for hydroxylation is 1. The van der Waals surface area contributed by atoms with Crippen LogP contribution in [0.2, 0.25) is 0 Å². The van der Waals surface area contributed by atoms with E-state index in [1.165, 1.54) is 0 Å². The molecule has 0 spiro atoms. The number of carbonyl (C=O) groups is 1. The second-order valence-corrected chi connectivity index (χ2v) is 7.10. The fraction of sp³-hybridized carbons (Fsp3) is 0.364. The number of likely N-dealkylation sites (tertiary alicyclic amines) is 1. The molecule has 156 valence electrons. The average Bonchev–Trinajstić information content (AvgIpc) is 3.10. The van der Waals surface area contributed by atoms with Crippen LogP contribution in [0.3, 0.4) is 0 Å². The molecule has 0 saturated carbocycles. The van der Waals surface area contributed by atoms with Gasteiger partial charge in [-0.15, -0.1) is 24.0 Å². The predicted molar refractivity (Wildman–Crippen MR) is 125 cm³/mol. The molecule has 2 aromatic carbocycles. The van der Waals surface area contributed by atoms with Gasteiger partial charge in [0.15, 0.2) is 5.96 Å². The quantitative estimate of drug-likeness (QED) is 0.354. The number of amides is 1. The molecular weight excluding hydrogens is 482 g/mol. The molecule has 0 unspecified atom stereocenters. The van der Waals surface area contributed by atoms with Crippen molar-refractivity contribution in [1.82, 2.24) is 15.5 Å². The zero-order chi connectivity index (χ0) is 19.9. The summed E-state index contributed by atoms with van der Waals surface area (Å²) in [5.41, 5.74) is 3.78. The summed E-state index contributed by atoms with van der Waals surface area (Å²) in [7, 11) is 1.71. The maximum absolute atomic E-state index is 13.6. The Balaban J connectivity index is 0.00000300. The summed E-state index contributed by atoms with van der Waals surface area (Å²) >= 11 is 0. The zero-order valence-electron chi connectivity index (χ0n) is 16.9. The van der Waals surface area contributed by atoms with Crippen molar-refractivity contribution >= 4 is 35.8 Å². The lowest BCUT2D eigenvalue weighted by atomic mass is 10.1. The van der Waals surface area contributed by atoms with Crippen LogP contribution in [-0.2, 0) is 24.4 Å². The molecule has 0 bridgehead atoms. The van der Waals surface area contributed by atoms with Gasteiger partial charge in [-0.05, 0) is 41.7 Å². The minimum Gasteiger partial charge on any atom is -0.352 e. The number of halogens is 2. The summed E-state index contributed by atoms with van der Waals surface area (Å²) in [6.07, 6.45) is 1.63. The van der Waals surface area contributed by atoms with E-state index in [0.29, 0.717) is 37.6 Å². The fourth-order valence-electron chi connectivity index (χ4n) is 3.19. The van der Waals surface area contributed by atoms with Crippen LogP contribution in [0.1, 0.15) is 35.1 Å². The highest BCUT2D eigenvalue weighted by Gasteiger charge is 2.19. The van der Waals surface area contributed by atoms with Gasteiger partial charge in [0.1, 0.15) is 5.82 Å². The number of hydrogen-bond acceptors (Lipinski definition) is 2. The van der Waals surface area contributed by atoms with E-state index in [0.717, 1.165) is 29.7 Å². The van der Waals surface area contributed by atoms with Gasteiger partial charge in [0, 0.05) is 39.6 Å².